The molecule has 1 aliphatic rings. The summed E-state index contributed by atoms with van der Waals surface area (Å²) in [7, 11) is 0. The van der Waals surface area contributed by atoms with Gasteiger partial charge in [0.15, 0.2) is 0 Å². The second kappa shape index (κ2) is 2.70. The van der Waals surface area contributed by atoms with E-state index in [1.165, 1.54) is 4.57 Å². The minimum atomic E-state index is -0.959. The molecule has 0 bridgehead atoms. The van der Waals surface area contributed by atoms with Crippen molar-refractivity contribution in [2.75, 3.05) is 0 Å². The molecule has 1 aliphatic heterocycles. The van der Waals surface area contributed by atoms with Gasteiger partial charge >= 0.3 is 11.7 Å². The number of nitrogens with one attached hydrogen (secondary N) is 2. The number of carboxylic acids is 1. The molecule has 1 unspecified atom stereocenters. The Kier molecular flexibility index (Phi) is 1.66. The highest BCUT2D eigenvalue weighted by atomic mass is 16.4. The molecule has 1 aromatic heterocycles. The van der Waals surface area contributed by atoms with E-state index in [0.29, 0.717) is 12.4 Å². The quantitative estimate of drug-likeness (QED) is 0.474. The summed E-state index contributed by atoms with van der Waals surface area (Å²) in [5, 5.41) is 17.4. The normalized spacial score (nSPS) is 21.1. The van der Waals surface area contributed by atoms with Crippen LogP contribution >= 0.6 is 0 Å². The Bertz CT molecular complexity index is 393. The number of aliphatic carboxylic acids is 1. The van der Waals surface area contributed by atoms with Gasteiger partial charge in [0.05, 0.1) is 13.1 Å². The lowest BCUT2D eigenvalue weighted by Crippen LogP contribution is -2.46. The minimum absolute atomic E-state index is 0.125. The summed E-state index contributed by atoms with van der Waals surface area (Å²) in [6.07, 6.45) is 0. The summed E-state index contributed by atoms with van der Waals surface area (Å²) >= 11 is 0. The molecule has 0 saturated carbocycles. The number of nitrogens with zero attached hydrogens (tertiary/aromatic N) is 2. The van der Waals surface area contributed by atoms with Crippen LogP contribution in [0, 0.1) is 0 Å². The van der Waals surface area contributed by atoms with Gasteiger partial charge in [-0.3, -0.25) is 14.7 Å². The first-order valence-electron chi connectivity index (χ1n) is 3.79. The number of rotatable bonds is 1. The molecule has 7 nitrogen and oxygen atoms in total. The first-order valence-corrected chi connectivity index (χ1v) is 3.79. The van der Waals surface area contributed by atoms with Crippen molar-refractivity contribution in [1.82, 2.24) is 20.1 Å². The van der Waals surface area contributed by atoms with Gasteiger partial charge in [0.2, 0.25) is 0 Å². The van der Waals surface area contributed by atoms with E-state index < -0.39 is 12.0 Å². The van der Waals surface area contributed by atoms with Gasteiger partial charge in [-0.1, -0.05) is 0 Å². The van der Waals surface area contributed by atoms with E-state index in [-0.39, 0.29) is 12.2 Å². The average molecular weight is 184 g/mol. The second-order valence-electron chi connectivity index (χ2n) is 2.83. The molecule has 2 rings (SSSR count). The molecule has 7 heteroatoms. The Balaban J connectivity index is 2.33. The van der Waals surface area contributed by atoms with Crippen molar-refractivity contribution >= 4 is 5.97 Å². The summed E-state index contributed by atoms with van der Waals surface area (Å²) in [5.41, 5.74) is -0.359. The van der Waals surface area contributed by atoms with Crippen molar-refractivity contribution in [3.8, 4) is 0 Å². The topological polar surface area (TPSA) is 100 Å². The van der Waals surface area contributed by atoms with E-state index in [9.17, 15) is 9.59 Å². The molecule has 3 N–H and O–H groups in total. The van der Waals surface area contributed by atoms with Gasteiger partial charge in [0, 0.05) is 0 Å². The predicted molar refractivity (Wildman–Crippen MR) is 41.1 cm³/mol. The number of aromatic amines is 1. The van der Waals surface area contributed by atoms with Crippen LogP contribution in [0.1, 0.15) is 5.82 Å². The monoisotopic (exact) mass is 184 g/mol. The third-order valence-corrected chi connectivity index (χ3v) is 2.01. The molecular weight excluding hydrogens is 176 g/mol. The predicted octanol–water partition coefficient (Wildman–Crippen LogP) is -1.87. The highest BCUT2D eigenvalue weighted by Crippen LogP contribution is 2.01. The number of carbonyl (C=O) groups is 1. The highest BCUT2D eigenvalue weighted by Gasteiger charge is 2.25. The SMILES string of the molecule is O=C(O)C1Cn2c(n[nH]c2=O)CN1. The van der Waals surface area contributed by atoms with Gasteiger partial charge in [0.25, 0.3) is 0 Å². The fourth-order valence-electron chi connectivity index (χ4n) is 1.30. The fourth-order valence-corrected chi connectivity index (χ4v) is 1.30. The maximum atomic E-state index is 11.1. The summed E-state index contributed by atoms with van der Waals surface area (Å²) in [6.45, 7) is 0.426. The van der Waals surface area contributed by atoms with Crippen molar-refractivity contribution in [2.24, 2.45) is 0 Å². The molecule has 0 aliphatic carbocycles. The largest absolute Gasteiger partial charge is 0.480 e. The molecular formula is C6H8N4O3. The van der Waals surface area contributed by atoms with Gasteiger partial charge in [-0.15, -0.1) is 0 Å². The van der Waals surface area contributed by atoms with Crippen molar-refractivity contribution < 1.29 is 9.90 Å². The standard InChI is InChI=1S/C6H8N4O3/c11-5(12)3-2-10-4(1-7-3)8-9-6(10)13/h3,7H,1-2H2,(H,9,13)(H,11,12). The van der Waals surface area contributed by atoms with Crippen LogP contribution in [0.25, 0.3) is 0 Å². The summed E-state index contributed by atoms with van der Waals surface area (Å²) in [4.78, 5) is 21.6. The van der Waals surface area contributed by atoms with Crippen LogP contribution in [-0.2, 0) is 17.9 Å². The number of aromatic nitrogens is 3. The van der Waals surface area contributed by atoms with Crippen LogP contribution in [0.5, 0.6) is 0 Å². The van der Waals surface area contributed by atoms with E-state index in [4.69, 9.17) is 5.11 Å². The van der Waals surface area contributed by atoms with E-state index in [0.717, 1.165) is 0 Å². The van der Waals surface area contributed by atoms with Crippen molar-refractivity contribution in [3.05, 3.63) is 16.3 Å². The molecule has 0 spiro atoms. The lowest BCUT2D eigenvalue weighted by Gasteiger charge is -2.19. The second-order valence-corrected chi connectivity index (χ2v) is 2.83. The maximum Gasteiger partial charge on any atom is 0.343 e. The third-order valence-electron chi connectivity index (χ3n) is 2.01. The van der Waals surface area contributed by atoms with Crippen LogP contribution < -0.4 is 11.0 Å². The maximum absolute atomic E-state index is 11.1. The number of H-pyrrole nitrogens is 1. The van der Waals surface area contributed by atoms with Crippen LogP contribution in [-0.4, -0.2) is 31.9 Å². The van der Waals surface area contributed by atoms with Crippen LogP contribution in [0.4, 0.5) is 0 Å². The van der Waals surface area contributed by atoms with Crippen LogP contribution in [0.3, 0.4) is 0 Å². The van der Waals surface area contributed by atoms with Gasteiger partial charge in [0.1, 0.15) is 11.9 Å². The van der Waals surface area contributed by atoms with Crippen molar-refractivity contribution in [2.45, 2.75) is 19.1 Å². The lowest BCUT2D eigenvalue weighted by atomic mass is 10.2. The van der Waals surface area contributed by atoms with Gasteiger partial charge in [-0.05, 0) is 0 Å². The van der Waals surface area contributed by atoms with Crippen LogP contribution in [0.15, 0.2) is 4.79 Å². The zero-order valence-electron chi connectivity index (χ0n) is 6.65. The highest BCUT2D eigenvalue weighted by molar-refractivity contribution is 5.73. The van der Waals surface area contributed by atoms with Gasteiger partial charge in [-0.2, -0.15) is 5.10 Å². The Hall–Kier alpha value is -1.63. The minimum Gasteiger partial charge on any atom is -0.480 e. The first-order chi connectivity index (χ1) is 6.18. The molecule has 0 radical (unpaired) electrons. The molecule has 0 saturated heterocycles. The number of fused-ring (bicyclic) bond motifs is 1. The summed E-state index contributed by atoms with van der Waals surface area (Å²) in [5.74, 6) is -0.416. The van der Waals surface area contributed by atoms with Gasteiger partial charge < -0.3 is 5.11 Å². The van der Waals surface area contributed by atoms with E-state index in [1.54, 1.807) is 0 Å². The van der Waals surface area contributed by atoms with E-state index in [2.05, 4.69) is 15.5 Å². The molecule has 1 atom stereocenters. The van der Waals surface area contributed by atoms with Gasteiger partial charge in [-0.25, -0.2) is 9.89 Å². The zero-order chi connectivity index (χ0) is 9.42. The van der Waals surface area contributed by atoms with E-state index >= 15 is 0 Å². The Morgan fingerprint density at radius 1 is 1.69 bits per heavy atom. The Morgan fingerprint density at radius 3 is 3.15 bits per heavy atom. The number of carboxylic acid groups (broad SMARTS) is 1. The summed E-state index contributed by atoms with van der Waals surface area (Å²) < 4.78 is 1.33. The van der Waals surface area contributed by atoms with E-state index in [1.807, 2.05) is 0 Å². The molecule has 0 amide bonds. The smallest absolute Gasteiger partial charge is 0.343 e. The zero-order valence-corrected chi connectivity index (χ0v) is 6.65. The van der Waals surface area contributed by atoms with Crippen LogP contribution in [0.2, 0.25) is 0 Å². The fraction of sp³-hybridized carbons (Fsp3) is 0.500. The molecule has 13 heavy (non-hydrogen) atoms. The van der Waals surface area contributed by atoms with Crippen molar-refractivity contribution in [1.29, 1.82) is 0 Å². The Labute approximate surface area is 72.4 Å². The lowest BCUT2D eigenvalue weighted by molar-refractivity contribution is -0.140. The molecule has 0 aromatic carbocycles. The number of hydrogen-bond acceptors (Lipinski definition) is 4. The number of hydrogen-bond donors (Lipinski definition) is 3. The average Bonchev–Trinajstić information content (AvgIpc) is 2.47. The summed E-state index contributed by atoms with van der Waals surface area (Å²) in [6, 6.07) is -0.706. The molecule has 0 fully saturated rings. The third kappa shape index (κ3) is 1.22. The molecule has 1 aromatic rings. The molecule has 70 valence electrons. The Morgan fingerprint density at radius 2 is 2.46 bits per heavy atom. The molecule has 2 heterocycles. The van der Waals surface area contributed by atoms with Crippen molar-refractivity contribution in [3.63, 3.8) is 0 Å². The first kappa shape index (κ1) is 7.99.